The van der Waals surface area contributed by atoms with E-state index in [1.165, 1.54) is 6.20 Å². The van der Waals surface area contributed by atoms with Crippen LogP contribution in [0.2, 0.25) is 10.0 Å². The molecule has 68 valence electrons. The Morgan fingerprint density at radius 3 is 2.85 bits per heavy atom. The highest BCUT2D eigenvalue weighted by atomic mass is 35.5. The molecular weight excluding hydrogens is 209 g/mol. The molecule has 4 heteroatoms. The largest absolute Gasteiger partial charge is 0.303 e. The third-order valence-corrected chi connectivity index (χ3v) is 1.85. The van der Waals surface area contributed by atoms with Crippen LogP contribution in [0.4, 0.5) is 0 Å². The van der Waals surface area contributed by atoms with Crippen molar-refractivity contribution in [1.82, 2.24) is 4.98 Å². The number of pyridine rings is 1. The minimum atomic E-state index is 0.362. The van der Waals surface area contributed by atoms with E-state index >= 15 is 0 Å². The van der Waals surface area contributed by atoms with Crippen molar-refractivity contribution in [2.45, 2.75) is 6.42 Å². The van der Waals surface area contributed by atoms with Gasteiger partial charge in [0.05, 0.1) is 15.7 Å². The highest BCUT2D eigenvalue weighted by Gasteiger charge is 1.97. The average Bonchev–Trinajstić information content (AvgIpc) is 2.09. The lowest BCUT2D eigenvalue weighted by atomic mass is 10.3. The monoisotopic (exact) mass is 215 g/mol. The minimum absolute atomic E-state index is 0.362. The number of carbonyl (C=O) groups is 1. The number of rotatable bonds is 3. The summed E-state index contributed by atoms with van der Waals surface area (Å²) in [4.78, 5) is 14.0. The number of carbonyl (C=O) groups excluding carboxylic acids is 1. The molecule has 0 amide bonds. The SMILES string of the molecule is O=CCC=Cc1ncc(Cl)cc1Cl. The van der Waals surface area contributed by atoms with Gasteiger partial charge in [0, 0.05) is 12.6 Å². The molecule has 1 rings (SSSR count). The lowest BCUT2D eigenvalue weighted by Gasteiger charge is -1.96. The lowest BCUT2D eigenvalue weighted by Crippen LogP contribution is -1.81. The molecule has 0 radical (unpaired) electrons. The number of nitrogens with zero attached hydrogens (tertiary/aromatic N) is 1. The molecule has 1 aromatic heterocycles. The van der Waals surface area contributed by atoms with Crippen LogP contribution in [-0.2, 0) is 4.79 Å². The molecule has 0 N–H and O–H groups in total. The van der Waals surface area contributed by atoms with Crippen LogP contribution in [0, 0.1) is 0 Å². The molecule has 0 aliphatic carbocycles. The van der Waals surface area contributed by atoms with E-state index in [4.69, 9.17) is 23.2 Å². The smallest absolute Gasteiger partial charge is 0.123 e. The molecule has 1 aromatic rings. The lowest BCUT2D eigenvalue weighted by molar-refractivity contribution is -0.107. The molecule has 0 aliphatic heterocycles. The van der Waals surface area contributed by atoms with Crippen molar-refractivity contribution in [2.24, 2.45) is 0 Å². The molecule has 13 heavy (non-hydrogen) atoms. The molecule has 0 unspecified atom stereocenters. The Labute approximate surface area is 86.2 Å². The van der Waals surface area contributed by atoms with Gasteiger partial charge in [0.1, 0.15) is 6.29 Å². The standard InChI is InChI=1S/C9H7Cl2NO/c10-7-5-8(11)9(12-6-7)3-1-2-4-13/h1,3-6H,2H2. The van der Waals surface area contributed by atoms with E-state index in [9.17, 15) is 4.79 Å². The Morgan fingerprint density at radius 2 is 2.23 bits per heavy atom. The van der Waals surface area contributed by atoms with Gasteiger partial charge in [-0.1, -0.05) is 29.3 Å². The van der Waals surface area contributed by atoms with Crippen LogP contribution < -0.4 is 0 Å². The zero-order chi connectivity index (χ0) is 9.68. The van der Waals surface area contributed by atoms with Gasteiger partial charge in [-0.25, -0.2) is 0 Å². The molecule has 0 fully saturated rings. The van der Waals surface area contributed by atoms with Crippen molar-refractivity contribution >= 4 is 35.6 Å². The van der Waals surface area contributed by atoms with E-state index in [1.54, 1.807) is 18.2 Å². The number of allylic oxidation sites excluding steroid dienone is 1. The molecule has 0 atom stereocenters. The number of hydrogen-bond donors (Lipinski definition) is 0. The summed E-state index contributed by atoms with van der Waals surface area (Å²) >= 11 is 11.5. The maximum atomic E-state index is 10.0. The van der Waals surface area contributed by atoms with Crippen LogP contribution in [0.15, 0.2) is 18.3 Å². The van der Waals surface area contributed by atoms with Gasteiger partial charge >= 0.3 is 0 Å². The maximum Gasteiger partial charge on any atom is 0.123 e. The van der Waals surface area contributed by atoms with Crippen LogP contribution in [0.1, 0.15) is 12.1 Å². The van der Waals surface area contributed by atoms with Gasteiger partial charge in [0.15, 0.2) is 0 Å². The van der Waals surface area contributed by atoms with Gasteiger partial charge in [-0.05, 0) is 12.1 Å². The van der Waals surface area contributed by atoms with Gasteiger partial charge in [0.25, 0.3) is 0 Å². The van der Waals surface area contributed by atoms with Crippen molar-refractivity contribution in [3.05, 3.63) is 34.1 Å². The molecule has 2 nitrogen and oxygen atoms in total. The Bertz CT molecular complexity index is 336. The van der Waals surface area contributed by atoms with Crippen LogP contribution >= 0.6 is 23.2 Å². The van der Waals surface area contributed by atoms with E-state index in [1.807, 2.05) is 0 Å². The second-order valence-electron chi connectivity index (χ2n) is 2.33. The fraction of sp³-hybridized carbons (Fsp3) is 0.111. The molecule has 0 aliphatic rings. The van der Waals surface area contributed by atoms with Gasteiger partial charge in [-0.3, -0.25) is 4.98 Å². The Hall–Kier alpha value is -0.860. The highest BCUT2D eigenvalue weighted by Crippen LogP contribution is 2.19. The van der Waals surface area contributed by atoms with Crippen molar-refractivity contribution in [2.75, 3.05) is 0 Å². The van der Waals surface area contributed by atoms with Crippen molar-refractivity contribution in [3.63, 3.8) is 0 Å². The van der Waals surface area contributed by atoms with Gasteiger partial charge in [-0.15, -0.1) is 0 Å². The first-order chi connectivity index (χ1) is 6.24. The average molecular weight is 216 g/mol. The summed E-state index contributed by atoms with van der Waals surface area (Å²) in [5.74, 6) is 0. The van der Waals surface area contributed by atoms with E-state index in [-0.39, 0.29) is 0 Å². The van der Waals surface area contributed by atoms with Crippen molar-refractivity contribution in [3.8, 4) is 0 Å². The molecule has 0 spiro atoms. The van der Waals surface area contributed by atoms with Crippen LogP contribution in [-0.4, -0.2) is 11.3 Å². The van der Waals surface area contributed by atoms with Crippen molar-refractivity contribution < 1.29 is 4.79 Å². The summed E-state index contributed by atoms with van der Waals surface area (Å²) in [5, 5.41) is 0.979. The van der Waals surface area contributed by atoms with Crippen LogP contribution in [0.25, 0.3) is 6.08 Å². The second kappa shape index (κ2) is 5.00. The predicted octanol–water partition coefficient (Wildman–Crippen LogP) is 2.99. The summed E-state index contributed by atoms with van der Waals surface area (Å²) in [6, 6.07) is 1.61. The molecule has 0 saturated carbocycles. The number of halogens is 2. The number of hydrogen-bond acceptors (Lipinski definition) is 2. The molecule has 1 heterocycles. The normalized spacial score (nSPS) is 10.6. The fourth-order valence-electron chi connectivity index (χ4n) is 0.783. The minimum Gasteiger partial charge on any atom is -0.303 e. The van der Waals surface area contributed by atoms with Crippen molar-refractivity contribution in [1.29, 1.82) is 0 Å². The first kappa shape index (κ1) is 10.2. The summed E-state index contributed by atoms with van der Waals surface area (Å²) in [6.45, 7) is 0. The summed E-state index contributed by atoms with van der Waals surface area (Å²) in [7, 11) is 0. The number of aldehydes is 1. The summed E-state index contributed by atoms with van der Waals surface area (Å²) < 4.78 is 0. The third kappa shape index (κ3) is 3.17. The first-order valence-corrected chi connectivity index (χ1v) is 4.41. The molecular formula is C9H7Cl2NO. The van der Waals surface area contributed by atoms with E-state index in [0.29, 0.717) is 22.2 Å². The van der Waals surface area contributed by atoms with E-state index < -0.39 is 0 Å². The zero-order valence-electron chi connectivity index (χ0n) is 6.71. The molecule has 0 aromatic carbocycles. The Balaban J connectivity index is 2.83. The van der Waals surface area contributed by atoms with Gasteiger partial charge < -0.3 is 4.79 Å². The topological polar surface area (TPSA) is 30.0 Å². The highest BCUT2D eigenvalue weighted by molar-refractivity contribution is 6.35. The maximum absolute atomic E-state index is 10.0. The first-order valence-electron chi connectivity index (χ1n) is 3.65. The molecule has 0 bridgehead atoms. The van der Waals surface area contributed by atoms with E-state index in [0.717, 1.165) is 6.29 Å². The van der Waals surface area contributed by atoms with Gasteiger partial charge in [0.2, 0.25) is 0 Å². The molecule has 0 saturated heterocycles. The van der Waals surface area contributed by atoms with Gasteiger partial charge in [-0.2, -0.15) is 0 Å². The fourth-order valence-corrected chi connectivity index (χ4v) is 1.23. The number of aromatic nitrogens is 1. The Kier molecular flexibility index (Phi) is 3.93. The second-order valence-corrected chi connectivity index (χ2v) is 3.17. The van der Waals surface area contributed by atoms with E-state index in [2.05, 4.69) is 4.98 Å². The zero-order valence-corrected chi connectivity index (χ0v) is 8.22. The quantitative estimate of drug-likeness (QED) is 0.727. The van der Waals surface area contributed by atoms with Crippen LogP contribution in [0.5, 0.6) is 0 Å². The summed E-state index contributed by atoms with van der Waals surface area (Å²) in [5.41, 5.74) is 0.618. The van der Waals surface area contributed by atoms with Crippen LogP contribution in [0.3, 0.4) is 0 Å². The third-order valence-electron chi connectivity index (χ3n) is 1.34. The Morgan fingerprint density at radius 1 is 1.46 bits per heavy atom. The predicted molar refractivity (Wildman–Crippen MR) is 54.0 cm³/mol. The summed E-state index contributed by atoms with van der Waals surface area (Å²) in [6.07, 6.45) is 6.05.